The van der Waals surface area contributed by atoms with Gasteiger partial charge in [-0.25, -0.2) is 13.1 Å². The Morgan fingerprint density at radius 2 is 1.61 bits per heavy atom. The van der Waals surface area contributed by atoms with Crippen LogP contribution in [-0.4, -0.2) is 14.7 Å². The van der Waals surface area contributed by atoms with Crippen LogP contribution in [0, 0.1) is 5.92 Å². The Balaban J connectivity index is 2.26. The van der Waals surface area contributed by atoms with Crippen LogP contribution < -0.4 is 4.72 Å². The number of rotatable bonds is 7. The highest BCUT2D eigenvalue weighted by Gasteiger charge is 2.22. The largest absolute Gasteiger partial charge is 0.241 e. The van der Waals surface area contributed by atoms with E-state index in [2.05, 4.69) is 18.6 Å². The van der Waals surface area contributed by atoms with Crippen LogP contribution in [0.15, 0.2) is 64.4 Å². The Morgan fingerprint density at radius 1 is 1.00 bits per heavy atom. The van der Waals surface area contributed by atoms with Crippen molar-refractivity contribution in [3.8, 4) is 0 Å². The fourth-order valence-corrected chi connectivity index (χ4v) is 4.06. The maximum absolute atomic E-state index is 12.7. The normalized spacial score (nSPS) is 13.2. The molecule has 124 valence electrons. The first-order valence-electron chi connectivity index (χ1n) is 7.63. The smallest absolute Gasteiger partial charge is 0.207 e. The van der Waals surface area contributed by atoms with Gasteiger partial charge in [-0.05, 0) is 48.4 Å². The lowest BCUT2D eigenvalue weighted by Gasteiger charge is -2.21. The van der Waals surface area contributed by atoms with Gasteiger partial charge in [-0.1, -0.05) is 44.2 Å². The van der Waals surface area contributed by atoms with Crippen LogP contribution in [0.1, 0.15) is 31.9 Å². The molecule has 0 fully saturated rings. The number of hydrogen-bond acceptors (Lipinski definition) is 3. The van der Waals surface area contributed by atoms with E-state index in [9.17, 15) is 8.42 Å². The lowest BCUT2D eigenvalue weighted by atomic mass is 9.98. The molecule has 0 saturated carbocycles. The van der Waals surface area contributed by atoms with Crippen molar-refractivity contribution in [2.75, 3.05) is 6.26 Å². The Morgan fingerprint density at radius 3 is 2.13 bits per heavy atom. The quantitative estimate of drug-likeness (QED) is 0.750. The molecule has 0 aromatic heterocycles. The predicted molar refractivity (Wildman–Crippen MR) is 97.2 cm³/mol. The van der Waals surface area contributed by atoms with Crippen molar-refractivity contribution >= 4 is 21.8 Å². The lowest BCUT2D eigenvalue weighted by molar-refractivity contribution is 0.472. The molecular weight excluding hydrogens is 326 g/mol. The number of nitrogens with one attached hydrogen (secondary N) is 1. The Bertz CT molecular complexity index is 710. The first kappa shape index (κ1) is 18.0. The molecule has 2 rings (SSSR count). The third-order valence-corrected chi connectivity index (χ3v) is 5.81. The molecule has 2 aromatic carbocycles. The second kappa shape index (κ2) is 7.99. The van der Waals surface area contributed by atoms with Gasteiger partial charge in [0.1, 0.15) is 0 Å². The zero-order valence-corrected chi connectivity index (χ0v) is 15.3. The molecule has 2 aromatic rings. The summed E-state index contributed by atoms with van der Waals surface area (Å²) in [7, 11) is -3.54. The maximum Gasteiger partial charge on any atom is 0.241 e. The molecule has 0 radical (unpaired) electrons. The molecule has 5 heteroatoms. The summed E-state index contributed by atoms with van der Waals surface area (Å²) in [6.45, 7) is 4.19. The van der Waals surface area contributed by atoms with E-state index >= 15 is 0 Å². The summed E-state index contributed by atoms with van der Waals surface area (Å²) in [5, 5.41) is 0. The van der Waals surface area contributed by atoms with E-state index in [-0.39, 0.29) is 6.04 Å². The highest BCUT2D eigenvalue weighted by Crippen LogP contribution is 2.24. The number of benzene rings is 2. The summed E-state index contributed by atoms with van der Waals surface area (Å²) in [5.41, 5.74) is 0.991. The van der Waals surface area contributed by atoms with Gasteiger partial charge in [0.05, 0.1) is 4.90 Å². The molecular formula is C18H23NO2S2. The van der Waals surface area contributed by atoms with Crippen LogP contribution in [0.4, 0.5) is 0 Å². The Labute approximate surface area is 143 Å². The molecule has 23 heavy (non-hydrogen) atoms. The first-order valence-corrected chi connectivity index (χ1v) is 10.3. The summed E-state index contributed by atoms with van der Waals surface area (Å²) < 4.78 is 28.2. The number of sulfonamides is 1. The van der Waals surface area contributed by atoms with E-state index < -0.39 is 10.0 Å². The molecule has 0 amide bonds. The second-order valence-corrected chi connectivity index (χ2v) is 8.48. The van der Waals surface area contributed by atoms with E-state index in [1.807, 2.05) is 48.7 Å². The van der Waals surface area contributed by atoms with Gasteiger partial charge in [-0.3, -0.25) is 0 Å². The summed E-state index contributed by atoms with van der Waals surface area (Å²) in [6, 6.07) is 16.5. The second-order valence-electron chi connectivity index (χ2n) is 5.89. The average molecular weight is 350 g/mol. The fourth-order valence-electron chi connectivity index (χ4n) is 2.42. The summed E-state index contributed by atoms with van der Waals surface area (Å²) in [6.07, 6.45) is 2.72. The third-order valence-electron chi connectivity index (χ3n) is 3.58. The van der Waals surface area contributed by atoms with Crippen molar-refractivity contribution in [2.45, 2.75) is 36.1 Å². The fraction of sp³-hybridized carbons (Fsp3) is 0.333. The molecule has 1 N–H and O–H groups in total. The monoisotopic (exact) mass is 349 g/mol. The van der Waals surface area contributed by atoms with Gasteiger partial charge in [-0.15, -0.1) is 11.8 Å². The minimum Gasteiger partial charge on any atom is -0.207 e. The highest BCUT2D eigenvalue weighted by atomic mass is 32.2. The zero-order chi connectivity index (χ0) is 16.9. The lowest BCUT2D eigenvalue weighted by Crippen LogP contribution is -2.29. The number of thioether (sulfide) groups is 1. The standard InChI is InChI=1S/C18H23NO2S2/c1-14(2)13-18(15-7-5-4-6-8-15)19-23(20,21)17-11-9-16(22-3)10-12-17/h4-12,14,18-19H,13H2,1-3H3. The topological polar surface area (TPSA) is 46.2 Å². The van der Waals surface area contributed by atoms with Crippen LogP contribution in [0.3, 0.4) is 0 Å². The van der Waals surface area contributed by atoms with Gasteiger partial charge >= 0.3 is 0 Å². The van der Waals surface area contributed by atoms with Crippen LogP contribution in [0.25, 0.3) is 0 Å². The first-order chi connectivity index (χ1) is 10.9. The molecule has 0 bridgehead atoms. The van der Waals surface area contributed by atoms with Crippen molar-refractivity contribution in [3.05, 3.63) is 60.2 Å². The molecule has 0 aliphatic heterocycles. The van der Waals surface area contributed by atoms with Crippen molar-refractivity contribution < 1.29 is 8.42 Å². The molecule has 0 spiro atoms. The van der Waals surface area contributed by atoms with Crippen molar-refractivity contribution in [2.24, 2.45) is 5.92 Å². The Kier molecular flexibility index (Phi) is 6.27. The minimum atomic E-state index is -3.54. The predicted octanol–water partition coefficient (Wildman–Crippen LogP) is 4.47. The molecule has 0 aliphatic rings. The minimum absolute atomic E-state index is 0.221. The summed E-state index contributed by atoms with van der Waals surface area (Å²) in [4.78, 5) is 1.35. The van der Waals surface area contributed by atoms with Gasteiger partial charge < -0.3 is 0 Å². The van der Waals surface area contributed by atoms with Crippen LogP contribution in [-0.2, 0) is 10.0 Å². The van der Waals surface area contributed by atoms with E-state index in [0.29, 0.717) is 10.8 Å². The van der Waals surface area contributed by atoms with E-state index in [0.717, 1.165) is 16.9 Å². The molecule has 0 saturated heterocycles. The van der Waals surface area contributed by atoms with Crippen molar-refractivity contribution in [1.82, 2.24) is 4.72 Å². The van der Waals surface area contributed by atoms with Crippen LogP contribution >= 0.6 is 11.8 Å². The van der Waals surface area contributed by atoms with E-state index in [1.54, 1.807) is 23.9 Å². The molecule has 0 heterocycles. The van der Waals surface area contributed by atoms with E-state index in [1.165, 1.54) is 0 Å². The maximum atomic E-state index is 12.7. The Hall–Kier alpha value is -1.30. The van der Waals surface area contributed by atoms with Crippen LogP contribution in [0.2, 0.25) is 0 Å². The molecule has 3 nitrogen and oxygen atoms in total. The molecule has 1 atom stereocenters. The van der Waals surface area contributed by atoms with Gasteiger partial charge in [0, 0.05) is 10.9 Å². The zero-order valence-electron chi connectivity index (χ0n) is 13.7. The van der Waals surface area contributed by atoms with Gasteiger partial charge in [0.2, 0.25) is 10.0 Å². The average Bonchev–Trinajstić information content (AvgIpc) is 2.54. The molecule has 0 aliphatic carbocycles. The number of hydrogen-bond donors (Lipinski definition) is 1. The van der Waals surface area contributed by atoms with Gasteiger partial charge in [0.15, 0.2) is 0 Å². The summed E-state index contributed by atoms with van der Waals surface area (Å²) in [5.74, 6) is 0.391. The van der Waals surface area contributed by atoms with Gasteiger partial charge in [0.25, 0.3) is 0 Å². The molecule has 1 unspecified atom stereocenters. The SMILES string of the molecule is CSc1ccc(S(=O)(=O)NC(CC(C)C)c2ccccc2)cc1. The van der Waals surface area contributed by atoms with E-state index in [4.69, 9.17) is 0 Å². The third kappa shape index (κ3) is 5.09. The van der Waals surface area contributed by atoms with Crippen molar-refractivity contribution in [3.63, 3.8) is 0 Å². The summed E-state index contributed by atoms with van der Waals surface area (Å²) >= 11 is 1.59. The van der Waals surface area contributed by atoms with Crippen LogP contribution in [0.5, 0.6) is 0 Å². The van der Waals surface area contributed by atoms with Crippen molar-refractivity contribution in [1.29, 1.82) is 0 Å². The van der Waals surface area contributed by atoms with Gasteiger partial charge in [-0.2, -0.15) is 0 Å². The highest BCUT2D eigenvalue weighted by molar-refractivity contribution is 7.98.